The first-order chi connectivity index (χ1) is 11.6. The number of hydrogen-bond donors (Lipinski definition) is 2. The maximum atomic E-state index is 4.45. The van der Waals surface area contributed by atoms with Crippen molar-refractivity contribution in [2.24, 2.45) is 4.99 Å². The van der Waals surface area contributed by atoms with Gasteiger partial charge in [0.05, 0.1) is 17.2 Å². The number of benzene rings is 1. The molecule has 1 aromatic carbocycles. The van der Waals surface area contributed by atoms with Gasteiger partial charge >= 0.3 is 0 Å². The van der Waals surface area contributed by atoms with E-state index in [0.29, 0.717) is 0 Å². The molecule has 4 nitrogen and oxygen atoms in total. The van der Waals surface area contributed by atoms with Gasteiger partial charge in [0.15, 0.2) is 5.96 Å². The quantitative estimate of drug-likeness (QED) is 0.263. The van der Waals surface area contributed by atoms with Crippen LogP contribution in [0.3, 0.4) is 0 Å². The number of nitrogens with one attached hydrogen (secondary N) is 2. The molecule has 1 aromatic heterocycles. The molecule has 0 bridgehead atoms. The Labute approximate surface area is 176 Å². The van der Waals surface area contributed by atoms with Gasteiger partial charge in [0, 0.05) is 30.0 Å². The number of aromatic nitrogens is 1. The molecule has 0 fully saturated rings. The minimum Gasteiger partial charge on any atom is -0.356 e. The first-order valence-corrected chi connectivity index (χ1v) is 10.1. The van der Waals surface area contributed by atoms with Crippen LogP contribution in [0.25, 0.3) is 0 Å². The number of rotatable bonds is 7. The lowest BCUT2D eigenvalue weighted by atomic mass is 10.2. The Balaban J connectivity index is 0.00000312. The normalized spacial score (nSPS) is 11.1. The van der Waals surface area contributed by atoms with Gasteiger partial charge in [0.25, 0.3) is 0 Å². The zero-order valence-electron chi connectivity index (χ0n) is 15.3. The summed E-state index contributed by atoms with van der Waals surface area (Å²) >= 11 is 3.67. The number of halogens is 1. The number of aryl methyl sites for hydroxylation is 3. The van der Waals surface area contributed by atoms with E-state index in [4.69, 9.17) is 0 Å². The predicted molar refractivity (Wildman–Crippen MR) is 123 cm³/mol. The highest BCUT2D eigenvalue weighted by atomic mass is 127. The van der Waals surface area contributed by atoms with E-state index in [1.165, 1.54) is 16.0 Å². The monoisotopic (exact) mass is 490 g/mol. The van der Waals surface area contributed by atoms with Gasteiger partial charge in [-0.2, -0.15) is 11.8 Å². The van der Waals surface area contributed by atoms with Gasteiger partial charge in [0.2, 0.25) is 0 Å². The number of hydrogen-bond acceptors (Lipinski definition) is 4. The molecule has 0 aliphatic heterocycles. The highest BCUT2D eigenvalue weighted by Crippen LogP contribution is 2.16. The van der Waals surface area contributed by atoms with Crippen LogP contribution in [0.5, 0.6) is 0 Å². The van der Waals surface area contributed by atoms with E-state index >= 15 is 0 Å². The molecule has 0 atom stereocenters. The fourth-order valence-corrected chi connectivity index (χ4v) is 3.93. The molecular formula is C18H27IN4S2. The van der Waals surface area contributed by atoms with Crippen molar-refractivity contribution in [3.05, 3.63) is 51.0 Å². The molecule has 0 saturated carbocycles. The van der Waals surface area contributed by atoms with E-state index in [1.54, 1.807) is 18.4 Å². The minimum absolute atomic E-state index is 0. The van der Waals surface area contributed by atoms with E-state index in [2.05, 4.69) is 58.7 Å². The van der Waals surface area contributed by atoms with E-state index in [1.807, 2.05) is 18.7 Å². The molecule has 0 aliphatic rings. The maximum Gasteiger partial charge on any atom is 0.191 e. The molecule has 1 heterocycles. The highest BCUT2D eigenvalue weighted by Gasteiger charge is 2.05. The second kappa shape index (κ2) is 11.7. The number of nitrogens with zero attached hydrogens (tertiary/aromatic N) is 2. The summed E-state index contributed by atoms with van der Waals surface area (Å²) in [6, 6.07) is 8.75. The number of guanidine groups is 1. The van der Waals surface area contributed by atoms with Crippen molar-refractivity contribution in [2.45, 2.75) is 33.1 Å². The Morgan fingerprint density at radius 1 is 1.16 bits per heavy atom. The SMILES string of the molecule is CN=C(NCCSCc1ccc(C)cc1)NCc1sc(C)nc1C.I. The van der Waals surface area contributed by atoms with Crippen LogP contribution in [0.4, 0.5) is 0 Å². The number of thioether (sulfide) groups is 1. The van der Waals surface area contributed by atoms with Crippen molar-refractivity contribution in [1.82, 2.24) is 15.6 Å². The molecular weight excluding hydrogens is 463 g/mol. The Hall–Kier alpha value is -0.800. The lowest BCUT2D eigenvalue weighted by Crippen LogP contribution is -2.37. The molecule has 0 radical (unpaired) electrons. The van der Waals surface area contributed by atoms with E-state index in [9.17, 15) is 0 Å². The minimum atomic E-state index is 0. The summed E-state index contributed by atoms with van der Waals surface area (Å²) in [5.41, 5.74) is 3.80. The standard InChI is InChI=1S/C18H26N4S2.HI/c1-13-5-7-16(8-6-13)12-23-10-9-20-18(19-4)21-11-17-14(2)22-15(3)24-17;/h5-8H,9-12H2,1-4H3,(H2,19,20,21);1H. The lowest BCUT2D eigenvalue weighted by Gasteiger charge is -2.11. The van der Waals surface area contributed by atoms with Crippen LogP contribution in [0.2, 0.25) is 0 Å². The second-order valence-corrected chi connectivity index (χ2v) is 8.03. The zero-order valence-corrected chi connectivity index (χ0v) is 19.2. The van der Waals surface area contributed by atoms with Crippen molar-refractivity contribution in [3.8, 4) is 0 Å². The molecule has 2 N–H and O–H groups in total. The van der Waals surface area contributed by atoms with Gasteiger partial charge in [-0.1, -0.05) is 29.8 Å². The van der Waals surface area contributed by atoms with Gasteiger partial charge in [0.1, 0.15) is 0 Å². The summed E-state index contributed by atoms with van der Waals surface area (Å²) in [5, 5.41) is 7.83. The summed E-state index contributed by atoms with van der Waals surface area (Å²) in [6.07, 6.45) is 0. The van der Waals surface area contributed by atoms with Crippen molar-refractivity contribution in [1.29, 1.82) is 0 Å². The van der Waals surface area contributed by atoms with Gasteiger partial charge in [-0.25, -0.2) is 4.98 Å². The summed E-state index contributed by atoms with van der Waals surface area (Å²) < 4.78 is 0. The van der Waals surface area contributed by atoms with Crippen LogP contribution in [-0.4, -0.2) is 30.3 Å². The summed E-state index contributed by atoms with van der Waals surface area (Å²) in [7, 11) is 1.81. The molecule has 7 heteroatoms. The van der Waals surface area contributed by atoms with Crippen LogP contribution in [-0.2, 0) is 12.3 Å². The van der Waals surface area contributed by atoms with Crippen LogP contribution in [0.1, 0.15) is 26.7 Å². The molecule has 0 aliphatic carbocycles. The Bertz CT molecular complexity index is 668. The second-order valence-electron chi connectivity index (χ2n) is 5.63. The molecule has 0 saturated heterocycles. The van der Waals surface area contributed by atoms with Gasteiger partial charge in [-0.15, -0.1) is 35.3 Å². The fraction of sp³-hybridized carbons (Fsp3) is 0.444. The van der Waals surface area contributed by atoms with Crippen LogP contribution < -0.4 is 10.6 Å². The van der Waals surface area contributed by atoms with Crippen LogP contribution in [0, 0.1) is 20.8 Å². The third-order valence-corrected chi connectivity index (χ3v) is 5.67. The van der Waals surface area contributed by atoms with Gasteiger partial charge in [-0.3, -0.25) is 4.99 Å². The topological polar surface area (TPSA) is 49.3 Å². The van der Waals surface area contributed by atoms with Gasteiger partial charge < -0.3 is 10.6 Å². The molecule has 2 aromatic rings. The highest BCUT2D eigenvalue weighted by molar-refractivity contribution is 14.0. The van der Waals surface area contributed by atoms with E-state index in [0.717, 1.165) is 41.3 Å². The Kier molecular flexibility index (Phi) is 10.4. The summed E-state index contributed by atoms with van der Waals surface area (Å²) in [6.45, 7) is 7.89. The third kappa shape index (κ3) is 7.96. The molecule has 0 amide bonds. The van der Waals surface area contributed by atoms with Crippen LogP contribution >= 0.6 is 47.1 Å². The maximum absolute atomic E-state index is 4.45. The first kappa shape index (κ1) is 22.2. The molecule has 0 unspecified atom stereocenters. The average molecular weight is 490 g/mol. The Morgan fingerprint density at radius 3 is 2.48 bits per heavy atom. The molecule has 0 spiro atoms. The Morgan fingerprint density at radius 2 is 1.88 bits per heavy atom. The van der Waals surface area contributed by atoms with Crippen molar-refractivity contribution in [2.75, 3.05) is 19.3 Å². The van der Waals surface area contributed by atoms with Crippen LogP contribution in [0.15, 0.2) is 29.3 Å². The van der Waals surface area contributed by atoms with E-state index < -0.39 is 0 Å². The average Bonchev–Trinajstić information content (AvgIpc) is 2.89. The van der Waals surface area contributed by atoms with Crippen molar-refractivity contribution >= 4 is 53.0 Å². The summed E-state index contributed by atoms with van der Waals surface area (Å²) in [4.78, 5) is 9.99. The lowest BCUT2D eigenvalue weighted by molar-refractivity contribution is 0.835. The largest absolute Gasteiger partial charge is 0.356 e. The van der Waals surface area contributed by atoms with Crippen molar-refractivity contribution < 1.29 is 0 Å². The first-order valence-electron chi connectivity index (χ1n) is 8.09. The summed E-state index contributed by atoms with van der Waals surface area (Å²) in [5.74, 6) is 2.94. The fourth-order valence-electron chi connectivity index (χ4n) is 2.24. The smallest absolute Gasteiger partial charge is 0.191 e. The molecule has 2 rings (SSSR count). The van der Waals surface area contributed by atoms with Gasteiger partial charge in [-0.05, 0) is 26.3 Å². The predicted octanol–water partition coefficient (Wildman–Crippen LogP) is 4.28. The molecule has 138 valence electrons. The number of thiazole rings is 1. The molecule has 25 heavy (non-hydrogen) atoms. The zero-order chi connectivity index (χ0) is 17.4. The van der Waals surface area contributed by atoms with E-state index in [-0.39, 0.29) is 24.0 Å². The third-order valence-electron chi connectivity index (χ3n) is 3.57. The van der Waals surface area contributed by atoms with Crippen molar-refractivity contribution in [3.63, 3.8) is 0 Å². The number of aliphatic imine (C=N–C) groups is 1.